The van der Waals surface area contributed by atoms with Crippen LogP contribution < -0.4 is 10.6 Å². The van der Waals surface area contributed by atoms with Gasteiger partial charge in [0.1, 0.15) is 11.6 Å². The summed E-state index contributed by atoms with van der Waals surface area (Å²) in [5.41, 5.74) is 0. The van der Waals surface area contributed by atoms with E-state index in [1.807, 2.05) is 0 Å². The number of rotatable bonds is 6. The molecule has 0 saturated heterocycles. The Morgan fingerprint density at radius 1 is 1.19 bits per heavy atom. The van der Waals surface area contributed by atoms with Crippen LogP contribution >= 0.6 is 0 Å². The molecule has 0 radical (unpaired) electrons. The van der Waals surface area contributed by atoms with E-state index in [9.17, 15) is 5.11 Å². The highest BCUT2D eigenvalue weighted by atomic mass is 16.3. The maximum Gasteiger partial charge on any atom is 0.191 e. The van der Waals surface area contributed by atoms with Gasteiger partial charge in [-0.3, -0.25) is 4.99 Å². The Morgan fingerprint density at radius 2 is 2.04 bits per heavy atom. The number of nitrogens with zero attached hydrogens (tertiary/aromatic N) is 4. The highest BCUT2D eigenvalue weighted by Gasteiger charge is 2.20. The van der Waals surface area contributed by atoms with Crippen LogP contribution in [0.5, 0.6) is 0 Å². The van der Waals surface area contributed by atoms with Gasteiger partial charge < -0.3 is 20.3 Å². The average Bonchev–Trinajstić information content (AvgIpc) is 2.87. The summed E-state index contributed by atoms with van der Waals surface area (Å²) in [4.78, 5) is 4.73. The summed E-state index contributed by atoms with van der Waals surface area (Å²) in [6.07, 6.45) is 10.4. The van der Waals surface area contributed by atoms with Crippen molar-refractivity contribution in [3.63, 3.8) is 0 Å². The van der Waals surface area contributed by atoms with Gasteiger partial charge in [0.15, 0.2) is 5.96 Å². The molecule has 0 unspecified atom stereocenters. The highest BCUT2D eigenvalue weighted by molar-refractivity contribution is 5.80. The van der Waals surface area contributed by atoms with Crippen molar-refractivity contribution < 1.29 is 5.11 Å². The van der Waals surface area contributed by atoms with Gasteiger partial charge in [0.25, 0.3) is 0 Å². The average molecular weight is 363 g/mol. The van der Waals surface area contributed by atoms with Gasteiger partial charge >= 0.3 is 0 Å². The van der Waals surface area contributed by atoms with E-state index in [-0.39, 0.29) is 6.10 Å². The molecule has 0 aromatic carbocycles. The smallest absolute Gasteiger partial charge is 0.191 e. The molecule has 2 heterocycles. The maximum absolute atomic E-state index is 9.64. The van der Waals surface area contributed by atoms with Crippen molar-refractivity contribution in [3.8, 4) is 0 Å². The van der Waals surface area contributed by atoms with Gasteiger partial charge in [-0.2, -0.15) is 0 Å². The monoisotopic (exact) mass is 362 g/mol. The summed E-state index contributed by atoms with van der Waals surface area (Å²) in [5, 5.41) is 25.3. The molecule has 3 rings (SSSR count). The van der Waals surface area contributed by atoms with Crippen molar-refractivity contribution in [2.24, 2.45) is 4.99 Å². The number of guanidine groups is 1. The van der Waals surface area contributed by atoms with Gasteiger partial charge in [-0.1, -0.05) is 6.42 Å². The van der Waals surface area contributed by atoms with Gasteiger partial charge in [0.05, 0.1) is 6.10 Å². The SMILES string of the molecule is CCNC(=NCCCc1nnc2n1CCCCC2)NC1CCC(O)CC1. The largest absolute Gasteiger partial charge is 0.393 e. The van der Waals surface area contributed by atoms with Gasteiger partial charge in [-0.25, -0.2) is 0 Å². The first-order chi connectivity index (χ1) is 12.8. The number of hydrogen-bond donors (Lipinski definition) is 3. The molecule has 1 aromatic heterocycles. The van der Waals surface area contributed by atoms with Crippen LogP contribution in [0.4, 0.5) is 0 Å². The van der Waals surface area contributed by atoms with Crippen LogP contribution in [0.1, 0.15) is 69.9 Å². The van der Waals surface area contributed by atoms with Crippen molar-refractivity contribution >= 4 is 5.96 Å². The molecule has 1 aliphatic carbocycles. The van der Waals surface area contributed by atoms with Crippen LogP contribution in [-0.4, -0.2) is 51.1 Å². The lowest BCUT2D eigenvalue weighted by Gasteiger charge is -2.27. The first-order valence-corrected chi connectivity index (χ1v) is 10.4. The van der Waals surface area contributed by atoms with Crippen molar-refractivity contribution in [3.05, 3.63) is 11.6 Å². The van der Waals surface area contributed by atoms with Gasteiger partial charge in [-0.15, -0.1) is 10.2 Å². The van der Waals surface area contributed by atoms with E-state index in [0.29, 0.717) is 6.04 Å². The van der Waals surface area contributed by atoms with Crippen LogP contribution in [0, 0.1) is 0 Å². The predicted molar refractivity (Wildman–Crippen MR) is 103 cm³/mol. The van der Waals surface area contributed by atoms with Crippen molar-refractivity contribution in [1.82, 2.24) is 25.4 Å². The second-order valence-electron chi connectivity index (χ2n) is 7.51. The quantitative estimate of drug-likeness (QED) is 0.408. The lowest BCUT2D eigenvalue weighted by atomic mass is 9.93. The summed E-state index contributed by atoms with van der Waals surface area (Å²) in [5.74, 6) is 3.18. The molecule has 3 N–H and O–H groups in total. The lowest BCUT2D eigenvalue weighted by molar-refractivity contribution is 0.120. The summed E-state index contributed by atoms with van der Waals surface area (Å²) in [6.45, 7) is 4.80. The Bertz CT molecular complexity index is 577. The van der Waals surface area contributed by atoms with Gasteiger partial charge in [0.2, 0.25) is 0 Å². The molecule has 26 heavy (non-hydrogen) atoms. The Labute approximate surface area is 156 Å². The van der Waals surface area contributed by atoms with Crippen LogP contribution in [0.15, 0.2) is 4.99 Å². The van der Waals surface area contributed by atoms with E-state index in [0.717, 1.165) is 82.2 Å². The molecule has 0 spiro atoms. The van der Waals surface area contributed by atoms with Crippen molar-refractivity contribution in [2.45, 2.75) is 89.8 Å². The number of aliphatic hydroxyl groups excluding tert-OH is 1. The van der Waals surface area contributed by atoms with Crippen molar-refractivity contribution in [1.29, 1.82) is 0 Å². The third kappa shape index (κ3) is 5.43. The molecular weight excluding hydrogens is 328 g/mol. The minimum Gasteiger partial charge on any atom is -0.393 e. The van der Waals surface area contributed by atoms with E-state index in [1.54, 1.807) is 0 Å². The Hall–Kier alpha value is -1.63. The van der Waals surface area contributed by atoms with E-state index >= 15 is 0 Å². The fourth-order valence-electron chi connectivity index (χ4n) is 3.89. The summed E-state index contributed by atoms with van der Waals surface area (Å²) in [6, 6.07) is 0.420. The molecule has 1 aliphatic heterocycles. The van der Waals surface area contributed by atoms with Gasteiger partial charge in [-0.05, 0) is 51.9 Å². The number of aliphatic hydroxyl groups is 1. The number of aryl methyl sites for hydroxylation is 2. The van der Waals surface area contributed by atoms with E-state index in [2.05, 4.69) is 32.3 Å². The summed E-state index contributed by atoms with van der Waals surface area (Å²) in [7, 11) is 0. The minimum atomic E-state index is -0.120. The zero-order valence-electron chi connectivity index (χ0n) is 16.1. The Kier molecular flexibility index (Phi) is 7.29. The number of fused-ring (bicyclic) bond motifs is 1. The number of nitrogens with one attached hydrogen (secondary N) is 2. The zero-order chi connectivity index (χ0) is 18.2. The first-order valence-electron chi connectivity index (χ1n) is 10.4. The highest BCUT2D eigenvalue weighted by Crippen LogP contribution is 2.18. The second kappa shape index (κ2) is 9.90. The molecular formula is C19H34N6O. The molecule has 146 valence electrons. The topological polar surface area (TPSA) is 87.4 Å². The number of aromatic nitrogens is 3. The number of hydrogen-bond acceptors (Lipinski definition) is 4. The molecule has 0 amide bonds. The third-order valence-electron chi connectivity index (χ3n) is 5.40. The van der Waals surface area contributed by atoms with Crippen LogP contribution in [-0.2, 0) is 19.4 Å². The predicted octanol–water partition coefficient (Wildman–Crippen LogP) is 1.80. The molecule has 1 saturated carbocycles. The molecule has 7 heteroatoms. The van der Waals surface area contributed by atoms with E-state index in [4.69, 9.17) is 4.99 Å². The van der Waals surface area contributed by atoms with E-state index in [1.165, 1.54) is 19.3 Å². The molecule has 1 fully saturated rings. The fraction of sp³-hybridized carbons (Fsp3) is 0.842. The fourth-order valence-corrected chi connectivity index (χ4v) is 3.89. The van der Waals surface area contributed by atoms with Gasteiger partial charge in [0, 0.05) is 38.5 Å². The molecule has 7 nitrogen and oxygen atoms in total. The molecule has 1 aromatic rings. The van der Waals surface area contributed by atoms with Crippen LogP contribution in [0.2, 0.25) is 0 Å². The van der Waals surface area contributed by atoms with Crippen molar-refractivity contribution in [2.75, 3.05) is 13.1 Å². The first kappa shape index (κ1) is 19.1. The lowest BCUT2D eigenvalue weighted by Crippen LogP contribution is -2.45. The molecule has 0 bridgehead atoms. The normalized spacial score (nSPS) is 24.0. The molecule has 0 atom stereocenters. The zero-order valence-corrected chi connectivity index (χ0v) is 16.1. The molecule has 2 aliphatic rings. The third-order valence-corrected chi connectivity index (χ3v) is 5.40. The summed E-state index contributed by atoms with van der Waals surface area (Å²) >= 11 is 0. The number of aliphatic imine (C=N–C) groups is 1. The maximum atomic E-state index is 9.64. The summed E-state index contributed by atoms with van der Waals surface area (Å²) < 4.78 is 2.33. The Morgan fingerprint density at radius 3 is 2.85 bits per heavy atom. The second-order valence-corrected chi connectivity index (χ2v) is 7.51. The van der Waals surface area contributed by atoms with Crippen LogP contribution in [0.3, 0.4) is 0 Å². The van der Waals surface area contributed by atoms with Crippen LogP contribution in [0.25, 0.3) is 0 Å². The Balaban J connectivity index is 1.47. The van der Waals surface area contributed by atoms with E-state index < -0.39 is 0 Å². The minimum absolute atomic E-state index is 0.120. The standard InChI is InChI=1S/C19H34N6O/c1-2-20-19(22-15-9-11-16(26)12-10-15)21-13-6-8-18-24-23-17-7-4-3-5-14-25(17)18/h15-16,26H,2-14H2,1H3,(H2,20,21,22).